The summed E-state index contributed by atoms with van der Waals surface area (Å²) >= 11 is 0. The van der Waals surface area contributed by atoms with Crippen LogP contribution in [0.4, 0.5) is 4.39 Å². The molecule has 0 aliphatic carbocycles. The highest BCUT2D eigenvalue weighted by molar-refractivity contribution is 5.22. The van der Waals surface area contributed by atoms with Gasteiger partial charge in [-0.05, 0) is 23.3 Å². The Labute approximate surface area is 130 Å². The van der Waals surface area contributed by atoms with Crippen molar-refractivity contribution in [1.82, 2.24) is 4.90 Å². The number of hydrogen-bond donors (Lipinski definition) is 1. The van der Waals surface area contributed by atoms with Crippen LogP contribution < -0.4 is 0 Å². The van der Waals surface area contributed by atoms with E-state index in [-0.39, 0.29) is 24.6 Å². The minimum Gasteiger partial charge on any atom is -0.394 e. The number of ether oxygens (including phenoxy) is 1. The minimum absolute atomic E-state index is 0.00115. The molecule has 1 fully saturated rings. The van der Waals surface area contributed by atoms with Crippen LogP contribution in [-0.4, -0.2) is 35.9 Å². The predicted molar refractivity (Wildman–Crippen MR) is 82.8 cm³/mol. The molecule has 1 aliphatic heterocycles. The summed E-state index contributed by atoms with van der Waals surface area (Å²) in [7, 11) is 0. The first-order chi connectivity index (χ1) is 10.8. The molecule has 2 unspecified atom stereocenters. The van der Waals surface area contributed by atoms with Crippen LogP contribution in [0.3, 0.4) is 0 Å². The van der Waals surface area contributed by atoms with Crippen LogP contribution in [0.2, 0.25) is 0 Å². The summed E-state index contributed by atoms with van der Waals surface area (Å²) < 4.78 is 19.2. The van der Waals surface area contributed by atoms with E-state index in [0.29, 0.717) is 13.2 Å². The molecule has 0 radical (unpaired) electrons. The number of halogens is 1. The first-order valence-corrected chi connectivity index (χ1v) is 7.52. The van der Waals surface area contributed by atoms with Crippen molar-refractivity contribution < 1.29 is 14.2 Å². The Hall–Kier alpha value is -1.75. The van der Waals surface area contributed by atoms with E-state index < -0.39 is 0 Å². The standard InChI is InChI=1S/C18H20FNO2/c19-16-8-4-7-15(9-16)18-13-22-17(12-21)11-20(18)10-14-5-2-1-3-6-14/h1-9,17-18,21H,10-13H2. The fourth-order valence-electron chi connectivity index (χ4n) is 2.90. The van der Waals surface area contributed by atoms with Crippen molar-refractivity contribution >= 4 is 0 Å². The molecular formula is C18H20FNO2. The van der Waals surface area contributed by atoms with Gasteiger partial charge in [0.25, 0.3) is 0 Å². The molecule has 116 valence electrons. The lowest BCUT2D eigenvalue weighted by Crippen LogP contribution is -2.45. The molecule has 0 spiro atoms. The van der Waals surface area contributed by atoms with Gasteiger partial charge in [-0.15, -0.1) is 0 Å². The van der Waals surface area contributed by atoms with Gasteiger partial charge < -0.3 is 9.84 Å². The van der Waals surface area contributed by atoms with Crippen LogP contribution in [0, 0.1) is 5.82 Å². The fraction of sp³-hybridized carbons (Fsp3) is 0.333. The summed E-state index contributed by atoms with van der Waals surface area (Å²) in [6.07, 6.45) is -0.187. The molecule has 1 saturated heterocycles. The molecule has 3 rings (SSSR count). The van der Waals surface area contributed by atoms with Gasteiger partial charge in [0.15, 0.2) is 0 Å². The minimum atomic E-state index is -0.235. The molecular weight excluding hydrogens is 281 g/mol. The maximum Gasteiger partial charge on any atom is 0.123 e. The summed E-state index contributed by atoms with van der Waals surface area (Å²) in [6, 6.07) is 16.8. The Kier molecular flexibility index (Phi) is 4.83. The average Bonchev–Trinajstić information content (AvgIpc) is 2.55. The molecule has 0 amide bonds. The van der Waals surface area contributed by atoms with Crippen molar-refractivity contribution in [1.29, 1.82) is 0 Å². The molecule has 2 aromatic rings. The second kappa shape index (κ2) is 7.01. The predicted octanol–water partition coefficient (Wildman–Crippen LogP) is 2.76. The van der Waals surface area contributed by atoms with Crippen molar-refractivity contribution in [3.8, 4) is 0 Å². The third-order valence-electron chi connectivity index (χ3n) is 4.03. The average molecular weight is 301 g/mol. The van der Waals surface area contributed by atoms with Gasteiger partial charge >= 0.3 is 0 Å². The van der Waals surface area contributed by atoms with Crippen molar-refractivity contribution in [2.24, 2.45) is 0 Å². The molecule has 2 aromatic carbocycles. The van der Waals surface area contributed by atoms with Gasteiger partial charge in [-0.1, -0.05) is 42.5 Å². The maximum atomic E-state index is 13.5. The molecule has 3 nitrogen and oxygen atoms in total. The van der Waals surface area contributed by atoms with Crippen molar-refractivity contribution in [3.63, 3.8) is 0 Å². The number of hydrogen-bond acceptors (Lipinski definition) is 3. The zero-order chi connectivity index (χ0) is 15.4. The van der Waals surface area contributed by atoms with E-state index in [2.05, 4.69) is 17.0 Å². The van der Waals surface area contributed by atoms with E-state index in [1.807, 2.05) is 24.3 Å². The molecule has 0 saturated carbocycles. The molecule has 22 heavy (non-hydrogen) atoms. The molecule has 1 N–H and O–H groups in total. The molecule has 2 atom stereocenters. The Morgan fingerprint density at radius 2 is 1.95 bits per heavy atom. The molecule has 4 heteroatoms. The van der Waals surface area contributed by atoms with Gasteiger partial charge in [-0.3, -0.25) is 4.90 Å². The first-order valence-electron chi connectivity index (χ1n) is 7.52. The van der Waals surface area contributed by atoms with Gasteiger partial charge in [0.2, 0.25) is 0 Å². The lowest BCUT2D eigenvalue weighted by Gasteiger charge is -2.39. The van der Waals surface area contributed by atoms with E-state index in [1.165, 1.54) is 11.6 Å². The SMILES string of the molecule is OCC1CN(Cc2ccccc2)C(c2cccc(F)c2)CO1. The molecule has 0 bridgehead atoms. The topological polar surface area (TPSA) is 32.7 Å². The van der Waals surface area contributed by atoms with Crippen LogP contribution in [0.25, 0.3) is 0 Å². The van der Waals surface area contributed by atoms with Crippen molar-refractivity contribution in [3.05, 3.63) is 71.5 Å². The van der Waals surface area contributed by atoms with Gasteiger partial charge in [-0.25, -0.2) is 4.39 Å². The van der Waals surface area contributed by atoms with Crippen molar-refractivity contribution in [2.45, 2.75) is 18.7 Å². The number of aliphatic hydroxyl groups is 1. The fourth-order valence-corrected chi connectivity index (χ4v) is 2.90. The summed E-state index contributed by atoms with van der Waals surface area (Å²) in [4.78, 5) is 2.24. The Morgan fingerprint density at radius 1 is 1.14 bits per heavy atom. The number of morpholine rings is 1. The summed E-state index contributed by atoms with van der Waals surface area (Å²) in [5, 5.41) is 9.36. The number of aliphatic hydroxyl groups excluding tert-OH is 1. The van der Waals surface area contributed by atoms with Gasteiger partial charge in [0, 0.05) is 13.1 Å². The Balaban J connectivity index is 1.83. The van der Waals surface area contributed by atoms with E-state index in [9.17, 15) is 9.50 Å². The normalized spacial score (nSPS) is 22.6. The highest BCUT2D eigenvalue weighted by atomic mass is 19.1. The first kappa shape index (κ1) is 15.2. The quantitative estimate of drug-likeness (QED) is 0.942. The molecule has 0 aromatic heterocycles. The lowest BCUT2D eigenvalue weighted by atomic mass is 10.0. The summed E-state index contributed by atoms with van der Waals surface area (Å²) in [5.41, 5.74) is 2.11. The van der Waals surface area contributed by atoms with E-state index >= 15 is 0 Å². The van der Waals surface area contributed by atoms with Crippen LogP contribution in [0.1, 0.15) is 17.2 Å². The van der Waals surface area contributed by atoms with Crippen LogP contribution in [-0.2, 0) is 11.3 Å². The van der Waals surface area contributed by atoms with E-state index in [4.69, 9.17) is 4.74 Å². The second-order valence-electron chi connectivity index (χ2n) is 5.62. The molecule has 1 aliphatic rings. The summed E-state index contributed by atoms with van der Waals surface area (Å²) in [5.74, 6) is -0.235. The second-order valence-corrected chi connectivity index (χ2v) is 5.62. The van der Waals surface area contributed by atoms with Crippen molar-refractivity contribution in [2.75, 3.05) is 19.8 Å². The van der Waals surface area contributed by atoms with Crippen LogP contribution in [0.5, 0.6) is 0 Å². The third-order valence-corrected chi connectivity index (χ3v) is 4.03. The number of rotatable bonds is 4. The van der Waals surface area contributed by atoms with Gasteiger partial charge in [-0.2, -0.15) is 0 Å². The maximum absolute atomic E-state index is 13.5. The zero-order valence-electron chi connectivity index (χ0n) is 12.4. The van der Waals surface area contributed by atoms with Crippen LogP contribution in [0.15, 0.2) is 54.6 Å². The van der Waals surface area contributed by atoms with Gasteiger partial charge in [0.05, 0.1) is 25.4 Å². The highest BCUT2D eigenvalue weighted by Crippen LogP contribution is 2.28. The van der Waals surface area contributed by atoms with Gasteiger partial charge in [0.1, 0.15) is 5.82 Å². The largest absolute Gasteiger partial charge is 0.394 e. The highest BCUT2D eigenvalue weighted by Gasteiger charge is 2.29. The Bertz CT molecular complexity index is 605. The van der Waals surface area contributed by atoms with E-state index in [0.717, 1.165) is 12.1 Å². The zero-order valence-corrected chi connectivity index (χ0v) is 12.4. The lowest BCUT2D eigenvalue weighted by molar-refractivity contribution is -0.0866. The third kappa shape index (κ3) is 3.53. The van der Waals surface area contributed by atoms with Crippen LogP contribution >= 0.6 is 0 Å². The number of nitrogens with zero attached hydrogens (tertiary/aromatic N) is 1. The molecule has 1 heterocycles. The smallest absolute Gasteiger partial charge is 0.123 e. The monoisotopic (exact) mass is 301 g/mol. The van der Waals surface area contributed by atoms with E-state index in [1.54, 1.807) is 12.1 Å². The Morgan fingerprint density at radius 3 is 2.68 bits per heavy atom. The number of benzene rings is 2. The summed E-state index contributed by atoms with van der Waals surface area (Å²) in [6.45, 7) is 1.84.